The molecule has 1 unspecified atom stereocenters. The lowest BCUT2D eigenvalue weighted by Gasteiger charge is -2.12. The fourth-order valence-electron chi connectivity index (χ4n) is 3.09. The van der Waals surface area contributed by atoms with E-state index in [-0.39, 0.29) is 11.6 Å². The molecule has 4 rings (SSSR count). The number of methoxy groups -OCH3 is 1. The Morgan fingerprint density at radius 2 is 1.87 bits per heavy atom. The Morgan fingerprint density at radius 3 is 2.52 bits per heavy atom. The summed E-state index contributed by atoms with van der Waals surface area (Å²) in [4.78, 5) is 12.8. The molecule has 0 radical (unpaired) electrons. The van der Waals surface area contributed by atoms with Crippen LogP contribution in [0.4, 0.5) is 4.39 Å². The second-order valence-corrected chi connectivity index (χ2v) is 8.14. The lowest BCUT2D eigenvalue weighted by molar-refractivity contribution is 0.0994. The van der Waals surface area contributed by atoms with Gasteiger partial charge in [-0.2, -0.15) is 0 Å². The monoisotopic (exact) mass is 437 g/mol. The van der Waals surface area contributed by atoms with Gasteiger partial charge in [-0.3, -0.25) is 9.36 Å². The molecule has 1 atom stereocenters. The lowest BCUT2D eigenvalue weighted by atomic mass is 10.1. The number of furan rings is 1. The Kier molecular flexibility index (Phi) is 6.18. The van der Waals surface area contributed by atoms with Crippen molar-refractivity contribution in [2.75, 3.05) is 7.11 Å². The number of ketones is 1. The molecule has 0 aliphatic carbocycles. The first-order valence-electron chi connectivity index (χ1n) is 9.61. The predicted molar refractivity (Wildman–Crippen MR) is 116 cm³/mol. The predicted octanol–water partition coefficient (Wildman–Crippen LogP) is 5.10. The van der Waals surface area contributed by atoms with Gasteiger partial charge in [0.05, 0.1) is 25.2 Å². The molecule has 2 heterocycles. The van der Waals surface area contributed by atoms with Crippen LogP contribution in [0.1, 0.15) is 23.0 Å². The summed E-state index contributed by atoms with van der Waals surface area (Å²) in [7, 11) is 1.61. The van der Waals surface area contributed by atoms with Crippen LogP contribution in [0.2, 0.25) is 0 Å². The molecule has 8 heteroatoms. The number of carbonyl (C=O) groups excluding carboxylic acids is 1. The summed E-state index contributed by atoms with van der Waals surface area (Å²) in [5.74, 6) is 1.66. The average Bonchev–Trinajstić information content (AvgIpc) is 3.45. The van der Waals surface area contributed by atoms with E-state index >= 15 is 0 Å². The first-order valence-corrected chi connectivity index (χ1v) is 10.5. The van der Waals surface area contributed by atoms with Crippen LogP contribution in [0.5, 0.6) is 5.75 Å². The molecule has 0 aliphatic heterocycles. The number of Topliss-reactive ketones (excluding diaryl/α,β-unsaturated/α-hetero) is 1. The van der Waals surface area contributed by atoms with Crippen molar-refractivity contribution in [1.29, 1.82) is 0 Å². The van der Waals surface area contributed by atoms with Crippen LogP contribution in [0.15, 0.2) is 76.5 Å². The summed E-state index contributed by atoms with van der Waals surface area (Å²) in [6.45, 7) is 2.22. The Morgan fingerprint density at radius 1 is 1.13 bits per heavy atom. The fraction of sp³-hybridized carbons (Fsp3) is 0.174. The van der Waals surface area contributed by atoms with Crippen LogP contribution < -0.4 is 4.74 Å². The minimum absolute atomic E-state index is 0.108. The van der Waals surface area contributed by atoms with Crippen LogP contribution >= 0.6 is 11.8 Å². The molecule has 0 saturated heterocycles. The molecule has 2 aromatic heterocycles. The highest BCUT2D eigenvalue weighted by atomic mass is 32.2. The molecule has 0 fully saturated rings. The molecule has 0 spiro atoms. The van der Waals surface area contributed by atoms with Gasteiger partial charge < -0.3 is 9.15 Å². The van der Waals surface area contributed by atoms with Gasteiger partial charge in [-0.25, -0.2) is 4.39 Å². The summed E-state index contributed by atoms with van der Waals surface area (Å²) in [5.41, 5.74) is 1.32. The molecule has 0 bridgehead atoms. The number of hydrogen-bond acceptors (Lipinski definition) is 6. The minimum Gasteiger partial charge on any atom is -0.497 e. The van der Waals surface area contributed by atoms with Crippen molar-refractivity contribution in [2.45, 2.75) is 23.9 Å². The Labute approximate surface area is 183 Å². The van der Waals surface area contributed by atoms with Crippen LogP contribution in [-0.2, 0) is 6.54 Å². The lowest BCUT2D eigenvalue weighted by Crippen LogP contribution is -2.15. The maximum atomic E-state index is 13.2. The molecule has 2 aromatic carbocycles. The highest BCUT2D eigenvalue weighted by Crippen LogP contribution is 2.30. The zero-order chi connectivity index (χ0) is 21.8. The molecule has 4 aromatic rings. The number of thioether (sulfide) groups is 1. The largest absolute Gasteiger partial charge is 0.497 e. The summed E-state index contributed by atoms with van der Waals surface area (Å²) in [5, 5.41) is 8.86. The SMILES string of the molecule is COc1ccc(-c2nnc(SC(C)C(=O)c3ccc(F)cc3)n2Cc2ccco2)cc1. The molecule has 158 valence electrons. The van der Waals surface area contributed by atoms with Crippen molar-refractivity contribution in [1.82, 2.24) is 14.8 Å². The third kappa shape index (κ3) is 4.69. The smallest absolute Gasteiger partial charge is 0.192 e. The first kappa shape index (κ1) is 20.9. The van der Waals surface area contributed by atoms with Crippen molar-refractivity contribution >= 4 is 17.5 Å². The number of nitrogens with zero attached hydrogens (tertiary/aromatic N) is 3. The van der Waals surface area contributed by atoms with E-state index in [2.05, 4.69) is 10.2 Å². The van der Waals surface area contributed by atoms with Crippen molar-refractivity contribution in [2.24, 2.45) is 0 Å². The van der Waals surface area contributed by atoms with Crippen molar-refractivity contribution in [3.63, 3.8) is 0 Å². The third-order valence-electron chi connectivity index (χ3n) is 4.74. The number of benzene rings is 2. The van der Waals surface area contributed by atoms with E-state index in [0.29, 0.717) is 23.1 Å². The molecular formula is C23H20FN3O3S. The highest BCUT2D eigenvalue weighted by molar-refractivity contribution is 8.00. The maximum absolute atomic E-state index is 13.2. The van der Waals surface area contributed by atoms with E-state index in [0.717, 1.165) is 17.1 Å². The average molecular weight is 437 g/mol. The van der Waals surface area contributed by atoms with Gasteiger partial charge in [-0.05, 0) is 67.6 Å². The molecule has 6 nitrogen and oxygen atoms in total. The summed E-state index contributed by atoms with van der Waals surface area (Å²) in [6, 6.07) is 16.8. The van der Waals surface area contributed by atoms with Gasteiger partial charge in [0.1, 0.15) is 17.3 Å². The summed E-state index contributed by atoms with van der Waals surface area (Å²) < 4.78 is 25.8. The zero-order valence-corrected chi connectivity index (χ0v) is 17.8. The van der Waals surface area contributed by atoms with Gasteiger partial charge in [0.15, 0.2) is 16.8 Å². The summed E-state index contributed by atoms with van der Waals surface area (Å²) >= 11 is 1.30. The van der Waals surface area contributed by atoms with Crippen LogP contribution in [0.25, 0.3) is 11.4 Å². The Bertz CT molecular complexity index is 1160. The molecule has 0 amide bonds. The normalized spacial score (nSPS) is 12.0. The van der Waals surface area contributed by atoms with E-state index in [4.69, 9.17) is 9.15 Å². The third-order valence-corrected chi connectivity index (χ3v) is 5.82. The molecule has 31 heavy (non-hydrogen) atoms. The second-order valence-electron chi connectivity index (χ2n) is 6.83. The van der Waals surface area contributed by atoms with Gasteiger partial charge in [-0.1, -0.05) is 11.8 Å². The number of aromatic nitrogens is 3. The molecular weight excluding hydrogens is 417 g/mol. The van der Waals surface area contributed by atoms with Gasteiger partial charge in [-0.15, -0.1) is 10.2 Å². The number of rotatable bonds is 8. The number of hydrogen-bond donors (Lipinski definition) is 0. The first-order chi connectivity index (χ1) is 15.0. The maximum Gasteiger partial charge on any atom is 0.192 e. The van der Waals surface area contributed by atoms with Gasteiger partial charge in [0.25, 0.3) is 0 Å². The number of halogens is 1. The number of ether oxygens (including phenoxy) is 1. The number of carbonyl (C=O) groups is 1. The highest BCUT2D eigenvalue weighted by Gasteiger charge is 2.22. The zero-order valence-electron chi connectivity index (χ0n) is 17.0. The van der Waals surface area contributed by atoms with E-state index in [9.17, 15) is 9.18 Å². The Hall–Kier alpha value is -3.39. The van der Waals surface area contributed by atoms with Crippen molar-refractivity contribution in [3.8, 4) is 17.1 Å². The topological polar surface area (TPSA) is 70.2 Å². The molecule has 0 aliphatic rings. The Balaban J connectivity index is 1.63. The summed E-state index contributed by atoms with van der Waals surface area (Å²) in [6.07, 6.45) is 1.61. The van der Waals surface area contributed by atoms with Crippen LogP contribution in [0.3, 0.4) is 0 Å². The van der Waals surface area contributed by atoms with E-state index in [1.54, 1.807) is 20.3 Å². The van der Waals surface area contributed by atoms with Gasteiger partial charge >= 0.3 is 0 Å². The van der Waals surface area contributed by atoms with E-state index in [1.165, 1.54) is 36.0 Å². The molecule has 0 saturated carbocycles. The van der Waals surface area contributed by atoms with E-state index in [1.807, 2.05) is 41.0 Å². The molecule has 0 N–H and O–H groups in total. The van der Waals surface area contributed by atoms with Crippen molar-refractivity contribution < 1.29 is 18.3 Å². The van der Waals surface area contributed by atoms with Crippen molar-refractivity contribution in [3.05, 3.63) is 84.1 Å². The quantitative estimate of drug-likeness (QED) is 0.282. The standard InChI is InChI=1S/C23H20FN3O3S/c1-15(21(28)16-5-9-18(24)10-6-16)31-23-26-25-22(17-7-11-19(29-2)12-8-17)27(23)14-20-4-3-13-30-20/h3-13,15H,14H2,1-2H3. The van der Waals surface area contributed by atoms with Crippen LogP contribution in [-0.4, -0.2) is 32.9 Å². The second kappa shape index (κ2) is 9.18. The van der Waals surface area contributed by atoms with Crippen LogP contribution in [0, 0.1) is 5.82 Å². The minimum atomic E-state index is -0.436. The van der Waals surface area contributed by atoms with Gasteiger partial charge in [0, 0.05) is 11.1 Å². The fourth-order valence-corrected chi connectivity index (χ4v) is 4.02. The van der Waals surface area contributed by atoms with E-state index < -0.39 is 5.25 Å². The van der Waals surface area contributed by atoms with Gasteiger partial charge in [0.2, 0.25) is 0 Å².